The molecule has 5 aliphatic carbocycles. The standard InChI is InChI=1S/2C27H32O6.C23H26O6/c1-5-17(6-2)33-26(29)27(14-15-27)16-32-24-21(11-13-23(30-3)25(24)31-4)18-8-7-9-20-19(18)10-12-22(20)28;1-4-5-16-32-26(29)27(14-7-15-27)17-33-24-21(11-13-23(30-2)25(24)31-3)18-8-6-9-20-19(18)10-12-22(20)28;1-23(2,22(25)28-5)13-29-20-17(10-12-19(26-3)21(20)27-4)14-7-6-8-16-15(14)9-11-18(16)24/h7-9,11,13,17H,5-6,10,12,14-16H2,1-4H3;6,8-9,11,13H,4-5,7,10,12,14-17H2,1-3H3;6-8,10,12H,9,11,13H2,1-5H3. The molecule has 0 saturated heterocycles. The van der Waals surface area contributed by atoms with Gasteiger partial charge in [0.1, 0.15) is 36.8 Å². The molecule has 506 valence electrons. The number of Topliss-reactive ketones (excluding diaryl/α,β-unsaturated/α-hetero) is 3. The van der Waals surface area contributed by atoms with Gasteiger partial charge in [-0.3, -0.25) is 28.8 Å². The first kappa shape index (κ1) is 70.3. The molecule has 0 heterocycles. The molecular formula is C77H90O18. The van der Waals surface area contributed by atoms with Crippen molar-refractivity contribution in [2.45, 2.75) is 137 Å². The van der Waals surface area contributed by atoms with E-state index in [1.807, 2.05) is 105 Å². The van der Waals surface area contributed by atoms with E-state index in [1.165, 1.54) is 7.11 Å². The number of ketones is 3. The van der Waals surface area contributed by atoms with Crippen LogP contribution in [0.4, 0.5) is 0 Å². The number of benzene rings is 6. The molecule has 11 rings (SSSR count). The van der Waals surface area contributed by atoms with Crippen molar-refractivity contribution in [1.82, 2.24) is 0 Å². The quantitative estimate of drug-likeness (QED) is 0.0266. The number of ether oxygens (including phenoxy) is 12. The van der Waals surface area contributed by atoms with Gasteiger partial charge in [0.15, 0.2) is 51.8 Å². The summed E-state index contributed by atoms with van der Waals surface area (Å²) in [5, 5.41) is 0. The summed E-state index contributed by atoms with van der Waals surface area (Å²) in [6, 6.07) is 28.5. The third-order valence-corrected chi connectivity index (χ3v) is 18.9. The Morgan fingerprint density at radius 3 is 1.15 bits per heavy atom. The summed E-state index contributed by atoms with van der Waals surface area (Å²) in [6.07, 6.45) is 10.9. The topological polar surface area (TPSA) is 213 Å². The van der Waals surface area contributed by atoms with Gasteiger partial charge in [0.2, 0.25) is 17.2 Å². The van der Waals surface area contributed by atoms with Gasteiger partial charge in [-0.15, -0.1) is 0 Å². The number of fused-ring (bicyclic) bond motifs is 3. The van der Waals surface area contributed by atoms with Crippen LogP contribution in [0.5, 0.6) is 51.7 Å². The largest absolute Gasteiger partial charge is 0.493 e. The smallest absolute Gasteiger partial charge is 0.315 e. The maximum atomic E-state index is 12.9. The molecule has 18 heteroatoms. The van der Waals surface area contributed by atoms with Crippen molar-refractivity contribution in [2.24, 2.45) is 16.2 Å². The molecule has 95 heavy (non-hydrogen) atoms. The second-order valence-corrected chi connectivity index (χ2v) is 25.3. The molecule has 2 saturated carbocycles. The first-order chi connectivity index (χ1) is 45.8. The van der Waals surface area contributed by atoms with Gasteiger partial charge >= 0.3 is 17.9 Å². The molecule has 0 radical (unpaired) electrons. The summed E-state index contributed by atoms with van der Waals surface area (Å²) in [7, 11) is 10.8. The first-order valence-corrected chi connectivity index (χ1v) is 32.9. The van der Waals surface area contributed by atoms with Crippen molar-refractivity contribution in [2.75, 3.05) is 76.2 Å². The van der Waals surface area contributed by atoms with Gasteiger partial charge in [-0.2, -0.15) is 0 Å². The predicted octanol–water partition coefficient (Wildman–Crippen LogP) is 14.9. The maximum Gasteiger partial charge on any atom is 0.315 e. The van der Waals surface area contributed by atoms with E-state index < -0.39 is 16.2 Å². The molecule has 0 bridgehead atoms. The van der Waals surface area contributed by atoms with E-state index in [9.17, 15) is 28.8 Å². The van der Waals surface area contributed by atoms with Crippen LogP contribution in [0.15, 0.2) is 91.0 Å². The molecule has 0 unspecified atom stereocenters. The van der Waals surface area contributed by atoms with Crippen molar-refractivity contribution in [3.05, 3.63) is 124 Å². The summed E-state index contributed by atoms with van der Waals surface area (Å²) in [5.41, 5.74) is 8.47. The van der Waals surface area contributed by atoms with Crippen LogP contribution in [0.2, 0.25) is 0 Å². The first-order valence-electron chi connectivity index (χ1n) is 32.9. The predicted molar refractivity (Wildman–Crippen MR) is 359 cm³/mol. The minimum absolute atomic E-state index is 0.0682. The molecule has 0 aliphatic heterocycles. The summed E-state index contributed by atoms with van der Waals surface area (Å²) < 4.78 is 68.5. The molecule has 5 aliphatic rings. The van der Waals surface area contributed by atoms with E-state index in [0.29, 0.717) is 96.9 Å². The number of carbonyl (C=O) groups excluding carboxylic acids is 6. The van der Waals surface area contributed by atoms with Gasteiger partial charge < -0.3 is 56.8 Å². The Bertz CT molecular complexity index is 3810. The molecule has 0 atom stereocenters. The average Bonchev–Trinajstić information content (AvgIpc) is 1.77. The Labute approximate surface area is 557 Å². The Balaban J connectivity index is 0.000000168. The fourth-order valence-electron chi connectivity index (χ4n) is 12.8. The highest BCUT2D eigenvalue weighted by Gasteiger charge is 2.53. The zero-order valence-corrected chi connectivity index (χ0v) is 57.0. The second-order valence-electron chi connectivity index (χ2n) is 25.3. The zero-order valence-electron chi connectivity index (χ0n) is 57.0. The molecule has 18 nitrogen and oxygen atoms in total. The van der Waals surface area contributed by atoms with Crippen LogP contribution in [0.25, 0.3) is 33.4 Å². The number of unbranched alkanes of at least 4 members (excludes halogenated alkanes) is 1. The lowest BCUT2D eigenvalue weighted by molar-refractivity contribution is -0.164. The van der Waals surface area contributed by atoms with Gasteiger partial charge in [0.25, 0.3) is 0 Å². The van der Waals surface area contributed by atoms with Gasteiger partial charge in [-0.1, -0.05) is 88.2 Å². The minimum atomic E-state index is -0.852. The third-order valence-electron chi connectivity index (χ3n) is 18.9. The molecular weight excluding hydrogens is 1210 g/mol. The average molecular weight is 1300 g/mol. The molecule has 6 aromatic rings. The Kier molecular flexibility index (Phi) is 22.9. The summed E-state index contributed by atoms with van der Waals surface area (Å²) in [5.74, 6) is 4.25. The van der Waals surface area contributed by atoms with E-state index in [-0.39, 0.29) is 61.2 Å². The number of hydrogen-bond donors (Lipinski definition) is 0. The van der Waals surface area contributed by atoms with Gasteiger partial charge in [-0.25, -0.2) is 0 Å². The Morgan fingerprint density at radius 1 is 0.442 bits per heavy atom. The Hall–Kier alpha value is -9.06. The van der Waals surface area contributed by atoms with Crippen LogP contribution >= 0.6 is 0 Å². The van der Waals surface area contributed by atoms with Crippen LogP contribution in [-0.4, -0.2) is 118 Å². The highest BCUT2D eigenvalue weighted by atomic mass is 16.6. The van der Waals surface area contributed by atoms with E-state index >= 15 is 0 Å². The van der Waals surface area contributed by atoms with Gasteiger partial charge in [0.05, 0.1) is 61.8 Å². The van der Waals surface area contributed by atoms with Crippen LogP contribution < -0.4 is 42.6 Å². The highest BCUT2D eigenvalue weighted by Crippen LogP contribution is 2.53. The highest BCUT2D eigenvalue weighted by molar-refractivity contribution is 6.04. The summed E-state index contributed by atoms with van der Waals surface area (Å²) in [4.78, 5) is 74.7. The van der Waals surface area contributed by atoms with Crippen LogP contribution in [0, 0.1) is 16.2 Å². The fraction of sp³-hybridized carbons (Fsp3) is 0.455. The fourth-order valence-corrected chi connectivity index (χ4v) is 12.8. The lowest BCUT2D eigenvalue weighted by Gasteiger charge is -2.39. The molecule has 0 amide bonds. The van der Waals surface area contributed by atoms with Crippen molar-refractivity contribution >= 4 is 35.3 Å². The van der Waals surface area contributed by atoms with Crippen molar-refractivity contribution < 1.29 is 85.6 Å². The van der Waals surface area contributed by atoms with Crippen LogP contribution in [-0.2, 0) is 47.9 Å². The summed E-state index contributed by atoms with van der Waals surface area (Å²) >= 11 is 0. The van der Waals surface area contributed by atoms with E-state index in [2.05, 4.69) is 6.92 Å². The SMILES string of the molecule is CCC(CC)OC(=O)C1(COc2c(-c3cccc4c3CCC4=O)ccc(OC)c2OC)CC1.CCCCOC(=O)C1(COc2c(-c3cccc4c3CCC4=O)ccc(OC)c2OC)CCC1.COC(=O)C(C)(C)COc1c(-c2cccc3c2CCC3=O)ccc(OC)c1OC. The maximum absolute atomic E-state index is 12.9. The zero-order chi connectivity index (χ0) is 68.2. The molecule has 0 spiro atoms. The Morgan fingerprint density at radius 2 is 0.821 bits per heavy atom. The van der Waals surface area contributed by atoms with E-state index in [1.54, 1.807) is 56.5 Å². The molecule has 0 aromatic heterocycles. The molecule has 2 fully saturated rings. The van der Waals surface area contributed by atoms with Crippen LogP contribution in [0.3, 0.4) is 0 Å². The summed E-state index contributed by atoms with van der Waals surface area (Å²) in [6.45, 7) is 10.6. The lowest BCUT2D eigenvalue weighted by atomic mass is 9.69. The number of rotatable bonds is 27. The normalized spacial score (nSPS) is 15.1. The monoisotopic (exact) mass is 1300 g/mol. The number of methoxy groups -OCH3 is 7. The van der Waals surface area contributed by atoms with Crippen molar-refractivity contribution in [3.63, 3.8) is 0 Å². The van der Waals surface area contributed by atoms with Gasteiger partial charge in [0, 0.05) is 52.6 Å². The minimum Gasteiger partial charge on any atom is -0.493 e. The van der Waals surface area contributed by atoms with E-state index in [4.69, 9.17) is 56.8 Å². The van der Waals surface area contributed by atoms with Crippen LogP contribution in [0.1, 0.15) is 159 Å². The lowest BCUT2D eigenvalue weighted by Crippen LogP contribution is -2.44. The number of hydrogen-bond acceptors (Lipinski definition) is 18. The number of carbonyl (C=O) groups is 6. The van der Waals surface area contributed by atoms with Crippen molar-refractivity contribution in [1.29, 1.82) is 0 Å². The van der Waals surface area contributed by atoms with Crippen molar-refractivity contribution in [3.8, 4) is 85.1 Å². The number of esters is 3. The second kappa shape index (κ2) is 31.0. The van der Waals surface area contributed by atoms with Gasteiger partial charge in [-0.05, 0) is 148 Å². The molecule has 6 aromatic carbocycles. The molecule has 0 N–H and O–H groups in total. The third kappa shape index (κ3) is 14.8. The van der Waals surface area contributed by atoms with E-state index in [0.717, 1.165) is 125 Å².